The summed E-state index contributed by atoms with van der Waals surface area (Å²) in [4.78, 5) is 24.0. The Labute approximate surface area is 329 Å². The Bertz CT molecular complexity index is 2200. The molecule has 7 heteroatoms. The molecular weight excluding hydrogens is 697 g/mol. The number of hydrogen-bond donors (Lipinski definition) is 2. The average Bonchev–Trinajstić information content (AvgIpc) is 3.53. The summed E-state index contributed by atoms with van der Waals surface area (Å²) in [6, 6.07) is 49.9. The van der Waals surface area contributed by atoms with Crippen LogP contribution in [0.5, 0.6) is 17.2 Å². The van der Waals surface area contributed by atoms with E-state index in [0.29, 0.717) is 24.6 Å². The highest BCUT2D eigenvalue weighted by molar-refractivity contribution is 5.86. The topological polar surface area (TPSA) is 85.9 Å². The summed E-state index contributed by atoms with van der Waals surface area (Å²) in [5.41, 5.74) is 9.57. The fourth-order valence-corrected chi connectivity index (χ4v) is 7.76. The summed E-state index contributed by atoms with van der Waals surface area (Å²) < 4.78 is 17.9. The van der Waals surface area contributed by atoms with Crippen LogP contribution in [0.1, 0.15) is 77.7 Å². The van der Waals surface area contributed by atoms with E-state index in [1.165, 1.54) is 29.2 Å². The van der Waals surface area contributed by atoms with Gasteiger partial charge in [-0.1, -0.05) is 128 Å². The summed E-state index contributed by atoms with van der Waals surface area (Å²) in [7, 11) is 1.69. The predicted octanol–water partition coefficient (Wildman–Crippen LogP) is 10.7. The number of unbranched alkanes of at least 4 members (excludes halogenated alkanes) is 3. The van der Waals surface area contributed by atoms with Gasteiger partial charge in [-0.15, -0.1) is 0 Å². The van der Waals surface area contributed by atoms with E-state index in [0.717, 1.165) is 59.3 Å². The van der Waals surface area contributed by atoms with Crippen molar-refractivity contribution in [3.63, 3.8) is 0 Å². The Hall–Kier alpha value is -6.34. The number of hydrogen-bond acceptors (Lipinski definition) is 5. The second-order valence-electron chi connectivity index (χ2n) is 14.3. The van der Waals surface area contributed by atoms with Crippen LogP contribution in [-0.2, 0) is 14.9 Å². The van der Waals surface area contributed by atoms with Crippen LogP contribution in [0.15, 0.2) is 146 Å². The molecule has 0 radical (unpaired) electrons. The fourth-order valence-electron chi connectivity index (χ4n) is 7.76. The summed E-state index contributed by atoms with van der Waals surface area (Å²) >= 11 is 0. The zero-order valence-electron chi connectivity index (χ0n) is 32.2. The summed E-state index contributed by atoms with van der Waals surface area (Å²) in [6.07, 6.45) is 2.63. The molecule has 1 aliphatic rings. The Kier molecular flexibility index (Phi) is 11.8. The molecule has 2 amide bonds. The van der Waals surface area contributed by atoms with Gasteiger partial charge in [0.25, 0.3) is 0 Å². The number of carbonyl (C=O) groups is 2. The van der Waals surface area contributed by atoms with E-state index >= 15 is 0 Å². The predicted molar refractivity (Wildman–Crippen MR) is 221 cm³/mol. The largest absolute Gasteiger partial charge is 0.497 e. The van der Waals surface area contributed by atoms with E-state index in [1.807, 2.05) is 79.7 Å². The van der Waals surface area contributed by atoms with Crippen molar-refractivity contribution in [2.75, 3.05) is 20.2 Å². The summed E-state index contributed by atoms with van der Waals surface area (Å²) in [5, 5.41) is 5.72. The molecule has 6 aromatic carbocycles. The van der Waals surface area contributed by atoms with E-state index in [9.17, 15) is 9.59 Å². The Morgan fingerprint density at radius 3 is 1.55 bits per heavy atom. The number of fused-ring (bicyclic) bond motifs is 3. The maximum atomic E-state index is 13.0. The number of alkyl carbamates (subject to hydrolysis) is 1. The van der Waals surface area contributed by atoms with Gasteiger partial charge in [-0.2, -0.15) is 0 Å². The molecule has 0 saturated heterocycles. The lowest BCUT2D eigenvalue weighted by molar-refractivity contribution is -0.118. The maximum Gasteiger partial charge on any atom is 0.408 e. The van der Waals surface area contributed by atoms with Crippen LogP contribution < -0.4 is 20.1 Å². The first-order valence-corrected chi connectivity index (χ1v) is 19.3. The highest BCUT2D eigenvalue weighted by atomic mass is 16.6. The molecule has 0 spiro atoms. The van der Waals surface area contributed by atoms with Crippen molar-refractivity contribution in [3.8, 4) is 28.4 Å². The number of aryl methyl sites for hydroxylation is 1. The van der Waals surface area contributed by atoms with E-state index in [4.69, 9.17) is 14.2 Å². The molecular formula is C49H48N2O5. The minimum atomic E-state index is -0.590. The van der Waals surface area contributed by atoms with Crippen LogP contribution in [0.3, 0.4) is 0 Å². The van der Waals surface area contributed by atoms with Crippen LogP contribution in [0.4, 0.5) is 4.79 Å². The van der Waals surface area contributed by atoms with Crippen LogP contribution in [-0.4, -0.2) is 32.2 Å². The minimum Gasteiger partial charge on any atom is -0.497 e. The van der Waals surface area contributed by atoms with Gasteiger partial charge in [0.05, 0.1) is 12.5 Å². The third-order valence-corrected chi connectivity index (χ3v) is 10.5. The van der Waals surface area contributed by atoms with Gasteiger partial charge in [-0.25, -0.2) is 4.79 Å². The van der Waals surface area contributed by atoms with Crippen LogP contribution in [0, 0.1) is 6.92 Å². The first-order valence-electron chi connectivity index (χ1n) is 19.3. The van der Waals surface area contributed by atoms with Crippen molar-refractivity contribution in [3.05, 3.63) is 185 Å². The van der Waals surface area contributed by atoms with Crippen molar-refractivity contribution < 1.29 is 23.8 Å². The van der Waals surface area contributed by atoms with Gasteiger partial charge in [0, 0.05) is 20.0 Å². The van der Waals surface area contributed by atoms with Crippen LogP contribution in [0.2, 0.25) is 0 Å². The molecule has 1 aliphatic carbocycles. The lowest BCUT2D eigenvalue weighted by Crippen LogP contribution is -2.28. The Morgan fingerprint density at radius 2 is 1.04 bits per heavy atom. The third kappa shape index (κ3) is 8.18. The van der Waals surface area contributed by atoms with Gasteiger partial charge >= 0.3 is 6.09 Å². The van der Waals surface area contributed by atoms with Crippen LogP contribution in [0.25, 0.3) is 11.1 Å². The van der Waals surface area contributed by atoms with E-state index in [-0.39, 0.29) is 5.91 Å². The summed E-state index contributed by atoms with van der Waals surface area (Å²) in [5.74, 6) is 2.19. The molecule has 7 rings (SSSR count). The zero-order valence-corrected chi connectivity index (χ0v) is 32.2. The Balaban J connectivity index is 1.08. The smallest absolute Gasteiger partial charge is 0.408 e. The fraction of sp³-hybridized carbons (Fsp3) is 0.224. The number of rotatable bonds is 15. The van der Waals surface area contributed by atoms with E-state index in [2.05, 4.69) is 83.4 Å². The first-order chi connectivity index (χ1) is 27.4. The summed E-state index contributed by atoms with van der Waals surface area (Å²) in [6.45, 7) is 4.75. The van der Waals surface area contributed by atoms with Gasteiger partial charge in [0.1, 0.15) is 17.2 Å². The number of carbonyl (C=O) groups excluding carboxylic acids is 2. The second-order valence-corrected chi connectivity index (χ2v) is 14.3. The lowest BCUT2D eigenvalue weighted by Gasteiger charge is -2.34. The van der Waals surface area contributed by atoms with Crippen molar-refractivity contribution in [2.45, 2.75) is 51.0 Å². The molecule has 6 aromatic rings. The van der Waals surface area contributed by atoms with Gasteiger partial charge in [0.2, 0.25) is 5.91 Å². The molecule has 0 saturated carbocycles. The monoisotopic (exact) mass is 744 g/mol. The highest BCUT2D eigenvalue weighted by Crippen LogP contribution is 2.56. The standard InChI is InChI=1S/C49H48N2O5/c1-34-16-18-36(19-17-34)47(56-48(53)51-33-11-5-4-10-32-50-35(2)52)37-20-26-41(27-21-37)55-42-30-24-39(25-31-42)49(38-22-28-40(54-3)29-23-38)45-14-8-6-12-43(45)44-13-7-9-15-46(44)49/h6-9,12-31,47H,4-5,10-11,32-33H2,1-3H3,(H,50,52)(H,51,53). The van der Waals surface area contributed by atoms with Gasteiger partial charge in [-0.3, -0.25) is 4.79 Å². The van der Waals surface area contributed by atoms with E-state index in [1.54, 1.807) is 7.11 Å². The van der Waals surface area contributed by atoms with E-state index < -0.39 is 17.6 Å². The number of nitrogens with one attached hydrogen (secondary N) is 2. The average molecular weight is 745 g/mol. The van der Waals surface area contributed by atoms with Gasteiger partial charge in [0.15, 0.2) is 6.10 Å². The molecule has 0 aromatic heterocycles. The molecule has 284 valence electrons. The molecule has 2 N–H and O–H groups in total. The zero-order chi connectivity index (χ0) is 38.9. The quantitative estimate of drug-likeness (QED) is 0.102. The second kappa shape index (κ2) is 17.4. The number of amides is 2. The Morgan fingerprint density at radius 1 is 0.571 bits per heavy atom. The lowest BCUT2D eigenvalue weighted by atomic mass is 9.68. The highest BCUT2D eigenvalue weighted by Gasteiger charge is 2.45. The van der Waals surface area contributed by atoms with Gasteiger partial charge in [-0.05, 0) is 101 Å². The van der Waals surface area contributed by atoms with Gasteiger partial charge < -0.3 is 24.8 Å². The van der Waals surface area contributed by atoms with Crippen molar-refractivity contribution in [1.29, 1.82) is 0 Å². The van der Waals surface area contributed by atoms with Crippen molar-refractivity contribution in [1.82, 2.24) is 10.6 Å². The van der Waals surface area contributed by atoms with Crippen LogP contribution >= 0.6 is 0 Å². The number of benzene rings is 6. The molecule has 7 nitrogen and oxygen atoms in total. The molecule has 1 atom stereocenters. The van der Waals surface area contributed by atoms with Crippen molar-refractivity contribution >= 4 is 12.0 Å². The first kappa shape index (κ1) is 38.0. The number of methoxy groups -OCH3 is 1. The minimum absolute atomic E-state index is 0.0116. The third-order valence-electron chi connectivity index (χ3n) is 10.5. The molecule has 0 heterocycles. The molecule has 1 unspecified atom stereocenters. The number of ether oxygens (including phenoxy) is 3. The molecule has 56 heavy (non-hydrogen) atoms. The maximum absolute atomic E-state index is 13.0. The molecule has 0 bridgehead atoms. The molecule has 0 aliphatic heterocycles. The normalized spacial score (nSPS) is 12.8. The van der Waals surface area contributed by atoms with Crippen molar-refractivity contribution in [2.24, 2.45) is 0 Å². The molecule has 0 fully saturated rings. The SMILES string of the molecule is COc1ccc(C2(c3ccc(Oc4ccc(C(OC(=O)NCCCCCCNC(C)=O)c5ccc(C)cc5)cc4)cc3)c3ccccc3-c3ccccc32)cc1.